The second kappa shape index (κ2) is 6.75. The summed E-state index contributed by atoms with van der Waals surface area (Å²) in [4.78, 5) is 2.77. The van der Waals surface area contributed by atoms with Crippen LogP contribution in [0.3, 0.4) is 0 Å². The molecule has 1 aliphatic rings. The van der Waals surface area contributed by atoms with E-state index in [0.29, 0.717) is 5.54 Å². The van der Waals surface area contributed by atoms with Crippen LogP contribution in [0.4, 0.5) is 0 Å². The highest BCUT2D eigenvalue weighted by atomic mass is 15.3. The molecule has 0 bridgehead atoms. The highest BCUT2D eigenvalue weighted by molar-refractivity contribution is 4.97. The Morgan fingerprint density at radius 1 is 1.24 bits per heavy atom. The molecule has 17 heavy (non-hydrogen) atoms. The zero-order chi connectivity index (χ0) is 12.9. The number of hydrogen-bond donors (Lipinski definition) is 1. The molecule has 1 N–H and O–H groups in total. The Labute approximate surface area is 108 Å². The summed E-state index contributed by atoms with van der Waals surface area (Å²) >= 11 is 0. The Kier molecular flexibility index (Phi) is 5.94. The Bertz CT molecular complexity index is 211. The zero-order valence-electron chi connectivity index (χ0n) is 12.6. The van der Waals surface area contributed by atoms with Crippen molar-refractivity contribution in [3.8, 4) is 0 Å². The smallest absolute Gasteiger partial charge is 0.0304 e. The topological polar surface area (TPSA) is 15.3 Å². The van der Waals surface area contributed by atoms with Crippen LogP contribution in [0.25, 0.3) is 0 Å². The van der Waals surface area contributed by atoms with Gasteiger partial charge in [0, 0.05) is 30.7 Å². The molecule has 1 saturated heterocycles. The van der Waals surface area contributed by atoms with Crippen molar-refractivity contribution in [2.24, 2.45) is 0 Å². The molecular formula is C15H32N2. The molecule has 2 atom stereocenters. The molecule has 2 unspecified atom stereocenters. The maximum absolute atomic E-state index is 3.83. The first kappa shape index (κ1) is 15.0. The lowest BCUT2D eigenvalue weighted by atomic mass is 9.86. The van der Waals surface area contributed by atoms with Crippen molar-refractivity contribution < 1.29 is 0 Å². The van der Waals surface area contributed by atoms with Gasteiger partial charge in [-0.25, -0.2) is 0 Å². The van der Waals surface area contributed by atoms with Gasteiger partial charge in [-0.2, -0.15) is 0 Å². The van der Waals surface area contributed by atoms with E-state index >= 15 is 0 Å². The average molecular weight is 240 g/mol. The second-order valence-electron chi connectivity index (χ2n) is 5.74. The molecule has 1 heterocycles. The summed E-state index contributed by atoms with van der Waals surface area (Å²) in [6, 6.07) is 1.48. The Balaban J connectivity index is 2.75. The van der Waals surface area contributed by atoms with Crippen LogP contribution in [-0.2, 0) is 0 Å². The van der Waals surface area contributed by atoms with Gasteiger partial charge in [0.05, 0.1) is 0 Å². The summed E-state index contributed by atoms with van der Waals surface area (Å²) in [6.45, 7) is 14.1. The number of rotatable bonds is 6. The average Bonchev–Trinajstić information content (AvgIpc) is 2.39. The molecule has 0 amide bonds. The van der Waals surface area contributed by atoms with E-state index in [4.69, 9.17) is 0 Å². The van der Waals surface area contributed by atoms with Crippen LogP contribution in [0, 0.1) is 0 Å². The molecule has 1 aliphatic heterocycles. The first-order valence-electron chi connectivity index (χ1n) is 7.63. The van der Waals surface area contributed by atoms with E-state index in [9.17, 15) is 0 Å². The third-order valence-corrected chi connectivity index (χ3v) is 4.80. The molecule has 0 saturated carbocycles. The van der Waals surface area contributed by atoms with Crippen molar-refractivity contribution in [1.29, 1.82) is 0 Å². The fraction of sp³-hybridized carbons (Fsp3) is 1.00. The van der Waals surface area contributed by atoms with E-state index in [1.54, 1.807) is 0 Å². The molecule has 2 heteroatoms. The third kappa shape index (κ3) is 3.45. The van der Waals surface area contributed by atoms with Crippen LogP contribution in [0.5, 0.6) is 0 Å². The normalized spacial score (nSPS) is 27.0. The monoisotopic (exact) mass is 240 g/mol. The summed E-state index contributed by atoms with van der Waals surface area (Å²) < 4.78 is 0. The quantitative estimate of drug-likeness (QED) is 0.765. The van der Waals surface area contributed by atoms with Gasteiger partial charge in [0.1, 0.15) is 0 Å². The van der Waals surface area contributed by atoms with Crippen LogP contribution >= 0.6 is 0 Å². The van der Waals surface area contributed by atoms with E-state index in [-0.39, 0.29) is 0 Å². The predicted molar refractivity (Wildman–Crippen MR) is 76.5 cm³/mol. The molecule has 0 spiro atoms. The summed E-state index contributed by atoms with van der Waals surface area (Å²) in [7, 11) is 0. The standard InChI is InChI=1S/C15H32N2/c1-6-10-14-11-16-15(8-3,9-4)12-17(14)13(5)7-2/h13-14,16H,6-12H2,1-5H3. The zero-order valence-corrected chi connectivity index (χ0v) is 12.6. The molecular weight excluding hydrogens is 208 g/mol. The SMILES string of the molecule is CCCC1CNC(CC)(CC)CN1C(C)CC. The fourth-order valence-corrected chi connectivity index (χ4v) is 3.06. The number of nitrogens with one attached hydrogen (secondary N) is 1. The molecule has 0 aliphatic carbocycles. The van der Waals surface area contributed by atoms with Crippen molar-refractivity contribution in [3.05, 3.63) is 0 Å². The van der Waals surface area contributed by atoms with E-state index < -0.39 is 0 Å². The summed E-state index contributed by atoms with van der Waals surface area (Å²) in [5.41, 5.74) is 0.369. The van der Waals surface area contributed by atoms with E-state index in [1.807, 2.05) is 0 Å². The first-order valence-corrected chi connectivity index (χ1v) is 7.63. The minimum absolute atomic E-state index is 0.369. The molecule has 0 aromatic rings. The maximum atomic E-state index is 3.83. The van der Waals surface area contributed by atoms with Gasteiger partial charge in [-0.3, -0.25) is 4.90 Å². The minimum Gasteiger partial charge on any atom is -0.308 e. The number of piperazine rings is 1. The molecule has 1 rings (SSSR count). The van der Waals surface area contributed by atoms with Crippen molar-refractivity contribution in [2.75, 3.05) is 13.1 Å². The third-order valence-electron chi connectivity index (χ3n) is 4.80. The molecule has 2 nitrogen and oxygen atoms in total. The molecule has 0 aromatic heterocycles. The van der Waals surface area contributed by atoms with Gasteiger partial charge in [0.15, 0.2) is 0 Å². The van der Waals surface area contributed by atoms with Gasteiger partial charge in [-0.05, 0) is 32.6 Å². The van der Waals surface area contributed by atoms with Crippen LogP contribution in [-0.4, -0.2) is 35.6 Å². The minimum atomic E-state index is 0.369. The first-order chi connectivity index (χ1) is 8.12. The predicted octanol–water partition coefficient (Wildman–Crippen LogP) is 3.42. The van der Waals surface area contributed by atoms with Gasteiger partial charge in [-0.15, -0.1) is 0 Å². The number of nitrogens with zero attached hydrogens (tertiary/aromatic N) is 1. The highest BCUT2D eigenvalue weighted by Crippen LogP contribution is 2.26. The molecule has 0 aromatic carbocycles. The van der Waals surface area contributed by atoms with Crippen molar-refractivity contribution in [3.63, 3.8) is 0 Å². The lowest BCUT2D eigenvalue weighted by molar-refractivity contribution is 0.0369. The second-order valence-corrected chi connectivity index (χ2v) is 5.74. The van der Waals surface area contributed by atoms with Crippen LogP contribution < -0.4 is 5.32 Å². The van der Waals surface area contributed by atoms with Gasteiger partial charge in [0.25, 0.3) is 0 Å². The van der Waals surface area contributed by atoms with Crippen LogP contribution in [0.1, 0.15) is 66.7 Å². The Morgan fingerprint density at radius 3 is 2.35 bits per heavy atom. The molecule has 102 valence electrons. The summed E-state index contributed by atoms with van der Waals surface area (Å²) in [5, 5.41) is 3.83. The van der Waals surface area contributed by atoms with E-state index in [2.05, 4.69) is 44.8 Å². The number of hydrogen-bond acceptors (Lipinski definition) is 2. The van der Waals surface area contributed by atoms with Gasteiger partial charge < -0.3 is 5.32 Å². The van der Waals surface area contributed by atoms with Gasteiger partial charge in [-0.1, -0.05) is 34.1 Å². The van der Waals surface area contributed by atoms with Crippen LogP contribution in [0.2, 0.25) is 0 Å². The highest BCUT2D eigenvalue weighted by Gasteiger charge is 2.37. The largest absolute Gasteiger partial charge is 0.308 e. The van der Waals surface area contributed by atoms with Crippen molar-refractivity contribution >= 4 is 0 Å². The molecule has 1 fully saturated rings. The fourth-order valence-electron chi connectivity index (χ4n) is 3.06. The van der Waals surface area contributed by atoms with E-state index in [1.165, 1.54) is 45.2 Å². The molecule has 0 radical (unpaired) electrons. The van der Waals surface area contributed by atoms with Crippen LogP contribution in [0.15, 0.2) is 0 Å². The maximum Gasteiger partial charge on any atom is 0.0304 e. The lowest BCUT2D eigenvalue weighted by Crippen LogP contribution is -2.65. The van der Waals surface area contributed by atoms with Crippen molar-refractivity contribution in [1.82, 2.24) is 10.2 Å². The van der Waals surface area contributed by atoms with Crippen molar-refractivity contribution in [2.45, 2.75) is 84.3 Å². The van der Waals surface area contributed by atoms with Gasteiger partial charge in [0.2, 0.25) is 0 Å². The summed E-state index contributed by atoms with van der Waals surface area (Å²) in [5.74, 6) is 0. The van der Waals surface area contributed by atoms with Gasteiger partial charge >= 0.3 is 0 Å². The Hall–Kier alpha value is -0.0800. The lowest BCUT2D eigenvalue weighted by Gasteiger charge is -2.50. The Morgan fingerprint density at radius 2 is 1.88 bits per heavy atom. The summed E-state index contributed by atoms with van der Waals surface area (Å²) in [6.07, 6.45) is 6.39. The van der Waals surface area contributed by atoms with E-state index in [0.717, 1.165) is 12.1 Å².